The van der Waals surface area contributed by atoms with Gasteiger partial charge in [-0.15, -0.1) is 0 Å². The van der Waals surface area contributed by atoms with Crippen molar-refractivity contribution in [3.8, 4) is 0 Å². The average molecular weight is 369 g/mol. The molecule has 0 saturated heterocycles. The van der Waals surface area contributed by atoms with E-state index in [4.69, 9.17) is 0 Å². The first-order valence-electron chi connectivity index (χ1n) is 8.53. The molecule has 27 heavy (non-hydrogen) atoms. The molecule has 0 aliphatic heterocycles. The number of rotatable bonds is 7. The Morgan fingerprint density at radius 1 is 1.07 bits per heavy atom. The number of carboxylic acids is 1. The number of anilines is 1. The van der Waals surface area contributed by atoms with Crippen LogP contribution in [0.4, 0.5) is 10.5 Å². The summed E-state index contributed by atoms with van der Waals surface area (Å²) >= 11 is 0. The van der Waals surface area contributed by atoms with E-state index in [2.05, 4.69) is 10.6 Å². The molecule has 0 bridgehead atoms. The van der Waals surface area contributed by atoms with Gasteiger partial charge in [-0.3, -0.25) is 4.79 Å². The lowest BCUT2D eigenvalue weighted by atomic mass is 10.1. The number of nitrogens with one attached hydrogen (secondary N) is 2. The molecule has 0 aromatic heterocycles. The standard InChI is InChI=1S/C20H23N3O4/c1-14-8-9-17(16(12-14)19(25)26)22-18(24)10-11-21-20(27)23(2)13-15-6-4-3-5-7-15/h3-9,12H,10-11,13H2,1-2H3,(H,21,27)(H,22,24)(H,25,26). The molecule has 0 unspecified atom stereocenters. The van der Waals surface area contributed by atoms with Gasteiger partial charge in [-0.05, 0) is 24.6 Å². The maximum atomic E-state index is 12.1. The SMILES string of the molecule is Cc1ccc(NC(=O)CCNC(=O)N(C)Cc2ccccc2)c(C(=O)O)c1. The van der Waals surface area contributed by atoms with Crippen molar-refractivity contribution >= 4 is 23.6 Å². The topological polar surface area (TPSA) is 98.7 Å². The molecule has 2 aromatic carbocycles. The number of aryl methyl sites for hydroxylation is 1. The van der Waals surface area contributed by atoms with Gasteiger partial charge in [0.1, 0.15) is 0 Å². The zero-order chi connectivity index (χ0) is 19.8. The van der Waals surface area contributed by atoms with Crippen molar-refractivity contribution < 1.29 is 19.5 Å². The molecule has 0 aliphatic rings. The first-order chi connectivity index (χ1) is 12.9. The Morgan fingerprint density at radius 2 is 1.78 bits per heavy atom. The van der Waals surface area contributed by atoms with Crippen LogP contribution < -0.4 is 10.6 Å². The van der Waals surface area contributed by atoms with E-state index in [0.717, 1.165) is 11.1 Å². The van der Waals surface area contributed by atoms with Crippen LogP contribution >= 0.6 is 0 Å². The maximum absolute atomic E-state index is 12.1. The highest BCUT2D eigenvalue weighted by Gasteiger charge is 2.13. The van der Waals surface area contributed by atoms with Crippen LogP contribution in [0.5, 0.6) is 0 Å². The molecule has 3 amide bonds. The van der Waals surface area contributed by atoms with Crippen LogP contribution in [0.3, 0.4) is 0 Å². The fourth-order valence-electron chi connectivity index (χ4n) is 2.50. The number of aromatic carboxylic acids is 1. The highest BCUT2D eigenvalue weighted by Crippen LogP contribution is 2.17. The molecule has 0 radical (unpaired) electrons. The van der Waals surface area contributed by atoms with Crippen molar-refractivity contribution in [1.82, 2.24) is 10.2 Å². The Bertz CT molecular complexity index is 821. The van der Waals surface area contributed by atoms with Crippen LogP contribution in [0.15, 0.2) is 48.5 Å². The first-order valence-corrected chi connectivity index (χ1v) is 8.53. The molecule has 0 saturated carbocycles. The van der Waals surface area contributed by atoms with E-state index in [-0.39, 0.29) is 36.2 Å². The Balaban J connectivity index is 1.80. The molecule has 0 spiro atoms. The van der Waals surface area contributed by atoms with E-state index in [1.807, 2.05) is 30.3 Å². The molecule has 142 valence electrons. The van der Waals surface area contributed by atoms with Gasteiger partial charge in [0.05, 0.1) is 11.3 Å². The molecule has 7 nitrogen and oxygen atoms in total. The number of amides is 3. The molecule has 0 atom stereocenters. The zero-order valence-corrected chi connectivity index (χ0v) is 15.4. The number of carbonyl (C=O) groups is 3. The third kappa shape index (κ3) is 6.14. The number of carboxylic acid groups (broad SMARTS) is 1. The second kappa shape index (κ2) is 9.38. The van der Waals surface area contributed by atoms with E-state index < -0.39 is 5.97 Å². The summed E-state index contributed by atoms with van der Waals surface area (Å²) in [6.45, 7) is 2.39. The van der Waals surface area contributed by atoms with Crippen LogP contribution in [0.25, 0.3) is 0 Å². The van der Waals surface area contributed by atoms with E-state index >= 15 is 0 Å². The minimum Gasteiger partial charge on any atom is -0.478 e. The Hall–Kier alpha value is -3.35. The van der Waals surface area contributed by atoms with Crippen molar-refractivity contribution in [2.24, 2.45) is 0 Å². The molecule has 7 heteroatoms. The van der Waals surface area contributed by atoms with Crippen molar-refractivity contribution in [1.29, 1.82) is 0 Å². The van der Waals surface area contributed by atoms with Crippen LogP contribution in [0.1, 0.15) is 27.9 Å². The monoisotopic (exact) mass is 369 g/mol. The lowest BCUT2D eigenvalue weighted by Crippen LogP contribution is -2.38. The molecule has 0 aliphatic carbocycles. The van der Waals surface area contributed by atoms with Gasteiger partial charge < -0.3 is 20.6 Å². The van der Waals surface area contributed by atoms with E-state index in [1.54, 1.807) is 26.1 Å². The summed E-state index contributed by atoms with van der Waals surface area (Å²) in [6, 6.07) is 14.1. The van der Waals surface area contributed by atoms with Gasteiger partial charge in [0, 0.05) is 26.6 Å². The highest BCUT2D eigenvalue weighted by atomic mass is 16.4. The summed E-state index contributed by atoms with van der Waals surface area (Å²) in [5.74, 6) is -1.47. The zero-order valence-electron chi connectivity index (χ0n) is 15.4. The Morgan fingerprint density at radius 3 is 2.44 bits per heavy atom. The number of urea groups is 1. The molecule has 0 fully saturated rings. The number of hydrogen-bond donors (Lipinski definition) is 3. The van der Waals surface area contributed by atoms with Gasteiger partial charge >= 0.3 is 12.0 Å². The maximum Gasteiger partial charge on any atom is 0.337 e. The van der Waals surface area contributed by atoms with Crippen LogP contribution in [-0.2, 0) is 11.3 Å². The number of benzene rings is 2. The highest BCUT2D eigenvalue weighted by molar-refractivity contribution is 6.00. The van der Waals surface area contributed by atoms with E-state index in [1.165, 1.54) is 11.0 Å². The third-order valence-electron chi connectivity index (χ3n) is 3.92. The molecule has 3 N–H and O–H groups in total. The lowest BCUT2D eigenvalue weighted by Gasteiger charge is -2.18. The second-order valence-electron chi connectivity index (χ2n) is 6.23. The lowest BCUT2D eigenvalue weighted by molar-refractivity contribution is -0.116. The largest absolute Gasteiger partial charge is 0.478 e. The van der Waals surface area contributed by atoms with Crippen molar-refractivity contribution in [3.63, 3.8) is 0 Å². The number of hydrogen-bond acceptors (Lipinski definition) is 3. The van der Waals surface area contributed by atoms with E-state index in [0.29, 0.717) is 6.54 Å². The first kappa shape index (κ1) is 20.0. The molecule has 0 heterocycles. The van der Waals surface area contributed by atoms with Gasteiger partial charge in [-0.1, -0.05) is 42.0 Å². The molecular formula is C20H23N3O4. The van der Waals surface area contributed by atoms with Crippen LogP contribution in [0, 0.1) is 6.92 Å². The quantitative estimate of drug-likeness (QED) is 0.699. The van der Waals surface area contributed by atoms with Crippen molar-refractivity contribution in [3.05, 3.63) is 65.2 Å². The van der Waals surface area contributed by atoms with E-state index in [9.17, 15) is 19.5 Å². The van der Waals surface area contributed by atoms with Crippen LogP contribution in [0.2, 0.25) is 0 Å². The normalized spacial score (nSPS) is 10.1. The van der Waals surface area contributed by atoms with Gasteiger partial charge in [-0.25, -0.2) is 9.59 Å². The van der Waals surface area contributed by atoms with Crippen molar-refractivity contribution in [2.75, 3.05) is 18.9 Å². The van der Waals surface area contributed by atoms with Gasteiger partial charge in [0.25, 0.3) is 0 Å². The summed E-state index contributed by atoms with van der Waals surface area (Å²) in [7, 11) is 1.67. The third-order valence-corrected chi connectivity index (χ3v) is 3.92. The number of nitrogens with zero attached hydrogens (tertiary/aromatic N) is 1. The van der Waals surface area contributed by atoms with Gasteiger partial charge in [0.15, 0.2) is 0 Å². The fraction of sp³-hybridized carbons (Fsp3) is 0.250. The average Bonchev–Trinajstić information content (AvgIpc) is 2.63. The predicted molar refractivity (Wildman–Crippen MR) is 103 cm³/mol. The smallest absolute Gasteiger partial charge is 0.337 e. The number of carbonyl (C=O) groups excluding carboxylic acids is 2. The summed E-state index contributed by atoms with van der Waals surface area (Å²) in [4.78, 5) is 36.9. The molecular weight excluding hydrogens is 346 g/mol. The summed E-state index contributed by atoms with van der Waals surface area (Å²) in [6.07, 6.45) is 0.0395. The fourth-order valence-corrected chi connectivity index (χ4v) is 2.50. The Kier molecular flexibility index (Phi) is 6.93. The summed E-state index contributed by atoms with van der Waals surface area (Å²) < 4.78 is 0. The minimum absolute atomic E-state index is 0.0370. The molecule has 2 aromatic rings. The van der Waals surface area contributed by atoms with Gasteiger partial charge in [0.2, 0.25) is 5.91 Å². The van der Waals surface area contributed by atoms with Gasteiger partial charge in [-0.2, -0.15) is 0 Å². The van der Waals surface area contributed by atoms with Crippen LogP contribution in [-0.4, -0.2) is 41.5 Å². The second-order valence-corrected chi connectivity index (χ2v) is 6.23. The summed E-state index contributed by atoms with van der Waals surface area (Å²) in [5, 5.41) is 14.5. The van der Waals surface area contributed by atoms with Crippen molar-refractivity contribution in [2.45, 2.75) is 19.9 Å². The summed E-state index contributed by atoms with van der Waals surface area (Å²) in [5.41, 5.74) is 2.08. The Labute approximate surface area is 158 Å². The molecule has 2 rings (SSSR count). The predicted octanol–water partition coefficient (Wildman–Crippen LogP) is 2.86. The minimum atomic E-state index is -1.11.